The normalized spacial score (nSPS) is 13.2. The van der Waals surface area contributed by atoms with Crippen LogP contribution >= 0.6 is 0 Å². The summed E-state index contributed by atoms with van der Waals surface area (Å²) in [6.07, 6.45) is 2.06. The van der Waals surface area contributed by atoms with Crippen molar-refractivity contribution < 1.29 is 52.4 Å². The molecular weight excluding hydrogens is 279 g/mol. The zero-order chi connectivity index (χ0) is 13.4. The summed E-state index contributed by atoms with van der Waals surface area (Å²) >= 11 is 0. The van der Waals surface area contributed by atoms with E-state index in [0.29, 0.717) is 0 Å². The Labute approximate surface area is 135 Å². The van der Waals surface area contributed by atoms with E-state index in [1.54, 1.807) is 6.08 Å². The number of aliphatic hydroxyl groups is 1. The first-order chi connectivity index (χ1) is 8.47. The SMILES string of the molecule is O=S(=O)([O-])CCC(O)OCC=Cc1ccccc1.[Na+]. The minimum absolute atomic E-state index is 0. The van der Waals surface area contributed by atoms with E-state index < -0.39 is 22.2 Å². The van der Waals surface area contributed by atoms with Crippen molar-refractivity contribution in [1.82, 2.24) is 0 Å². The van der Waals surface area contributed by atoms with Gasteiger partial charge in [0.2, 0.25) is 0 Å². The molecule has 0 radical (unpaired) electrons. The molecule has 0 aliphatic carbocycles. The van der Waals surface area contributed by atoms with E-state index in [-0.39, 0.29) is 42.6 Å². The van der Waals surface area contributed by atoms with E-state index in [9.17, 15) is 18.1 Å². The van der Waals surface area contributed by atoms with E-state index >= 15 is 0 Å². The minimum Gasteiger partial charge on any atom is -0.748 e. The molecule has 0 bridgehead atoms. The Bertz CT molecular complexity index is 472. The third kappa shape index (κ3) is 10.3. The Kier molecular flexibility index (Phi) is 9.55. The van der Waals surface area contributed by atoms with Crippen LogP contribution in [0.5, 0.6) is 0 Å². The Morgan fingerprint density at radius 3 is 2.53 bits per heavy atom. The van der Waals surface area contributed by atoms with Gasteiger partial charge in [0, 0.05) is 12.2 Å². The van der Waals surface area contributed by atoms with Crippen LogP contribution in [-0.2, 0) is 14.9 Å². The van der Waals surface area contributed by atoms with Crippen LogP contribution in [0, 0.1) is 0 Å². The van der Waals surface area contributed by atoms with E-state index in [4.69, 9.17) is 4.74 Å². The molecule has 1 aromatic rings. The molecule has 19 heavy (non-hydrogen) atoms. The van der Waals surface area contributed by atoms with Crippen LogP contribution in [0.1, 0.15) is 12.0 Å². The first-order valence-corrected chi connectivity index (χ1v) is 7.00. The Morgan fingerprint density at radius 1 is 1.32 bits per heavy atom. The second-order valence-electron chi connectivity index (χ2n) is 3.65. The van der Waals surface area contributed by atoms with Crippen molar-refractivity contribution >= 4 is 16.2 Å². The third-order valence-electron chi connectivity index (χ3n) is 2.11. The predicted octanol–water partition coefficient (Wildman–Crippen LogP) is -2.03. The van der Waals surface area contributed by atoms with Crippen LogP contribution in [-0.4, -0.2) is 36.7 Å². The fraction of sp³-hybridized carbons (Fsp3) is 0.333. The van der Waals surface area contributed by atoms with Crippen molar-refractivity contribution in [3.05, 3.63) is 42.0 Å². The molecule has 0 aromatic heterocycles. The van der Waals surface area contributed by atoms with Crippen molar-refractivity contribution in [2.24, 2.45) is 0 Å². The van der Waals surface area contributed by atoms with Crippen LogP contribution in [0.2, 0.25) is 0 Å². The quantitative estimate of drug-likeness (QED) is 0.356. The molecular formula is C12H15NaO5S. The van der Waals surface area contributed by atoms with Gasteiger partial charge in [0.1, 0.15) is 0 Å². The molecule has 1 N–H and O–H groups in total. The molecule has 7 heteroatoms. The van der Waals surface area contributed by atoms with Crippen molar-refractivity contribution in [1.29, 1.82) is 0 Å². The van der Waals surface area contributed by atoms with Gasteiger partial charge in [-0.1, -0.05) is 42.5 Å². The largest absolute Gasteiger partial charge is 1.00 e. The van der Waals surface area contributed by atoms with E-state index in [2.05, 4.69) is 0 Å². The van der Waals surface area contributed by atoms with Crippen LogP contribution in [0.4, 0.5) is 0 Å². The summed E-state index contributed by atoms with van der Waals surface area (Å²) in [4.78, 5) is 0. The van der Waals surface area contributed by atoms with Crippen LogP contribution < -0.4 is 29.6 Å². The van der Waals surface area contributed by atoms with Crippen LogP contribution in [0.3, 0.4) is 0 Å². The first-order valence-electron chi connectivity index (χ1n) is 5.42. The molecule has 0 aliphatic rings. The van der Waals surface area contributed by atoms with Gasteiger partial charge >= 0.3 is 29.6 Å². The number of hydrogen-bond acceptors (Lipinski definition) is 5. The maximum absolute atomic E-state index is 10.3. The summed E-state index contributed by atoms with van der Waals surface area (Å²) < 4.78 is 35.9. The second kappa shape index (κ2) is 9.66. The molecule has 1 aromatic carbocycles. The number of ether oxygens (including phenoxy) is 1. The average Bonchev–Trinajstić information content (AvgIpc) is 2.33. The molecule has 1 rings (SSSR count). The molecule has 100 valence electrons. The molecule has 0 saturated carbocycles. The molecule has 1 atom stereocenters. The average molecular weight is 294 g/mol. The molecule has 0 aliphatic heterocycles. The molecule has 0 heterocycles. The Balaban J connectivity index is 0.00000324. The van der Waals surface area contributed by atoms with Gasteiger partial charge in [-0.25, -0.2) is 8.42 Å². The fourth-order valence-corrected chi connectivity index (χ4v) is 1.73. The van der Waals surface area contributed by atoms with Gasteiger partial charge in [-0.2, -0.15) is 0 Å². The molecule has 0 fully saturated rings. The van der Waals surface area contributed by atoms with Gasteiger partial charge in [0.15, 0.2) is 6.29 Å². The van der Waals surface area contributed by atoms with Gasteiger partial charge in [-0.3, -0.25) is 0 Å². The number of rotatable bonds is 7. The standard InChI is InChI=1S/C12H16O5S.Na/c13-12(8-10-18(14,15)16)17-9-4-7-11-5-2-1-3-6-11;/h1-7,12-13H,8-10H2,(H,14,15,16);/q;+1/p-1. The van der Waals surface area contributed by atoms with Gasteiger partial charge in [0.25, 0.3) is 0 Å². The van der Waals surface area contributed by atoms with E-state index in [1.807, 2.05) is 36.4 Å². The zero-order valence-corrected chi connectivity index (χ0v) is 13.5. The Morgan fingerprint density at radius 2 is 1.95 bits per heavy atom. The van der Waals surface area contributed by atoms with Gasteiger partial charge in [-0.05, 0) is 5.56 Å². The van der Waals surface area contributed by atoms with Crippen molar-refractivity contribution in [3.63, 3.8) is 0 Å². The van der Waals surface area contributed by atoms with Crippen molar-refractivity contribution in [3.8, 4) is 0 Å². The zero-order valence-electron chi connectivity index (χ0n) is 10.7. The second-order valence-corrected chi connectivity index (χ2v) is 5.18. The van der Waals surface area contributed by atoms with Crippen LogP contribution in [0.15, 0.2) is 36.4 Å². The summed E-state index contributed by atoms with van der Waals surface area (Å²) in [6.45, 7) is 0.148. The van der Waals surface area contributed by atoms with Gasteiger partial charge in [-0.15, -0.1) is 0 Å². The number of hydrogen-bond donors (Lipinski definition) is 1. The topological polar surface area (TPSA) is 86.7 Å². The summed E-state index contributed by atoms with van der Waals surface area (Å²) in [5.41, 5.74) is 0.998. The molecule has 5 nitrogen and oxygen atoms in total. The number of aliphatic hydroxyl groups excluding tert-OH is 1. The fourth-order valence-electron chi connectivity index (χ4n) is 1.24. The van der Waals surface area contributed by atoms with E-state index in [1.165, 1.54) is 0 Å². The molecule has 1 unspecified atom stereocenters. The maximum Gasteiger partial charge on any atom is 1.00 e. The van der Waals surface area contributed by atoms with Crippen molar-refractivity contribution in [2.45, 2.75) is 12.7 Å². The molecule has 0 saturated heterocycles. The summed E-state index contributed by atoms with van der Waals surface area (Å²) in [7, 11) is -4.30. The van der Waals surface area contributed by atoms with E-state index in [0.717, 1.165) is 5.56 Å². The smallest absolute Gasteiger partial charge is 0.748 e. The van der Waals surface area contributed by atoms with Gasteiger partial charge < -0.3 is 14.4 Å². The Hall–Kier alpha value is -0.210. The first kappa shape index (κ1) is 18.8. The number of benzene rings is 1. The monoisotopic (exact) mass is 294 g/mol. The summed E-state index contributed by atoms with van der Waals surface area (Å²) in [6, 6.07) is 9.53. The molecule has 0 amide bonds. The van der Waals surface area contributed by atoms with Crippen molar-refractivity contribution in [2.75, 3.05) is 12.4 Å². The minimum atomic E-state index is -4.30. The summed E-state index contributed by atoms with van der Waals surface area (Å²) in [5.74, 6) is -0.628. The summed E-state index contributed by atoms with van der Waals surface area (Å²) in [5, 5.41) is 9.25. The predicted molar refractivity (Wildman–Crippen MR) is 66.6 cm³/mol. The third-order valence-corrected chi connectivity index (χ3v) is 2.85. The maximum atomic E-state index is 10.3. The van der Waals surface area contributed by atoms with Crippen LogP contribution in [0.25, 0.3) is 6.08 Å². The molecule has 0 spiro atoms. The van der Waals surface area contributed by atoms with Gasteiger partial charge in [0.05, 0.1) is 16.7 Å².